The Labute approximate surface area is 152 Å². The molecule has 2 saturated carbocycles. The maximum Gasteiger partial charge on any atom is 0.220 e. The summed E-state index contributed by atoms with van der Waals surface area (Å²) in [6, 6.07) is 0. The quantitative estimate of drug-likeness (QED) is 0.339. The van der Waals surface area contributed by atoms with Crippen molar-refractivity contribution in [1.82, 2.24) is 15.5 Å². The van der Waals surface area contributed by atoms with Crippen molar-refractivity contribution in [2.75, 3.05) is 46.4 Å². The monoisotopic (exact) mass is 352 g/mol. The van der Waals surface area contributed by atoms with Gasteiger partial charge in [-0.25, -0.2) is 0 Å². The number of carbonyl (C=O) groups is 1. The number of amides is 1. The zero-order chi connectivity index (χ0) is 17.9. The molecule has 6 nitrogen and oxygen atoms in total. The minimum atomic E-state index is 0.175. The van der Waals surface area contributed by atoms with Gasteiger partial charge in [0.25, 0.3) is 0 Å². The van der Waals surface area contributed by atoms with Crippen molar-refractivity contribution in [3.8, 4) is 0 Å². The number of nitrogens with one attached hydrogen (secondary N) is 2. The molecule has 2 aliphatic rings. The number of rotatable bonds is 11. The van der Waals surface area contributed by atoms with E-state index in [0.29, 0.717) is 25.4 Å². The number of hydrogen-bond acceptors (Lipinski definition) is 3. The molecular weight excluding hydrogens is 316 g/mol. The van der Waals surface area contributed by atoms with Gasteiger partial charge in [-0.1, -0.05) is 12.8 Å². The van der Waals surface area contributed by atoms with Crippen molar-refractivity contribution < 1.29 is 9.53 Å². The van der Waals surface area contributed by atoms with E-state index in [4.69, 9.17) is 4.74 Å². The van der Waals surface area contributed by atoms with Gasteiger partial charge in [-0.05, 0) is 44.4 Å². The van der Waals surface area contributed by atoms with Crippen molar-refractivity contribution in [3.05, 3.63) is 0 Å². The Morgan fingerprint density at radius 3 is 2.60 bits per heavy atom. The smallest absolute Gasteiger partial charge is 0.220 e. The highest BCUT2D eigenvalue weighted by molar-refractivity contribution is 5.79. The van der Waals surface area contributed by atoms with Crippen LogP contribution < -0.4 is 10.6 Å². The molecule has 25 heavy (non-hydrogen) atoms. The minimum Gasteiger partial charge on any atom is -0.379 e. The van der Waals surface area contributed by atoms with Crippen LogP contribution in [0.3, 0.4) is 0 Å². The van der Waals surface area contributed by atoms with Crippen molar-refractivity contribution in [2.24, 2.45) is 16.8 Å². The third-order valence-electron chi connectivity index (χ3n) is 4.96. The number of guanidine groups is 1. The van der Waals surface area contributed by atoms with Gasteiger partial charge in [-0.2, -0.15) is 0 Å². The van der Waals surface area contributed by atoms with Gasteiger partial charge < -0.3 is 20.3 Å². The largest absolute Gasteiger partial charge is 0.379 e. The van der Waals surface area contributed by atoms with E-state index >= 15 is 0 Å². The summed E-state index contributed by atoms with van der Waals surface area (Å²) in [7, 11) is 2.03. The Kier molecular flexibility index (Phi) is 9.08. The molecule has 2 rings (SSSR count). The van der Waals surface area contributed by atoms with Gasteiger partial charge in [0.05, 0.1) is 13.2 Å². The molecule has 0 spiro atoms. The highest BCUT2D eigenvalue weighted by atomic mass is 16.5. The van der Waals surface area contributed by atoms with E-state index in [-0.39, 0.29) is 5.91 Å². The first-order valence-corrected chi connectivity index (χ1v) is 10.0. The van der Waals surface area contributed by atoms with Crippen molar-refractivity contribution in [2.45, 2.75) is 51.9 Å². The fraction of sp³-hybridized carbons (Fsp3) is 0.895. The standard InChI is InChI=1S/C19H36N4O2/c1-3-20-19(23(2)12-13-25-15-17-8-9-17)22-11-10-21-18(24)14-16-6-4-5-7-16/h16-17H,3-15H2,1-2H3,(H,20,22)(H,21,24). The molecule has 0 aromatic rings. The van der Waals surface area contributed by atoms with Crippen LogP contribution in [0.15, 0.2) is 4.99 Å². The fourth-order valence-corrected chi connectivity index (χ4v) is 3.22. The summed E-state index contributed by atoms with van der Waals surface area (Å²) in [5.41, 5.74) is 0. The second-order valence-corrected chi connectivity index (χ2v) is 7.38. The molecule has 144 valence electrons. The van der Waals surface area contributed by atoms with E-state index in [2.05, 4.69) is 27.4 Å². The Bertz CT molecular complexity index is 418. The van der Waals surface area contributed by atoms with Crippen LogP contribution in [0.2, 0.25) is 0 Å². The summed E-state index contributed by atoms with van der Waals surface area (Å²) >= 11 is 0. The molecule has 0 bridgehead atoms. The second kappa shape index (κ2) is 11.3. The normalized spacial score (nSPS) is 18.4. The molecule has 0 heterocycles. The number of nitrogens with zero attached hydrogens (tertiary/aromatic N) is 2. The topological polar surface area (TPSA) is 66.0 Å². The Hall–Kier alpha value is -1.30. The summed E-state index contributed by atoms with van der Waals surface area (Å²) in [4.78, 5) is 18.6. The van der Waals surface area contributed by atoms with Crippen LogP contribution in [0.5, 0.6) is 0 Å². The fourth-order valence-electron chi connectivity index (χ4n) is 3.22. The molecule has 1 amide bonds. The summed E-state index contributed by atoms with van der Waals surface area (Å²) in [5, 5.41) is 6.30. The molecule has 2 N–H and O–H groups in total. The van der Waals surface area contributed by atoms with E-state index < -0.39 is 0 Å². The third-order valence-corrected chi connectivity index (χ3v) is 4.96. The van der Waals surface area contributed by atoms with Crippen molar-refractivity contribution >= 4 is 11.9 Å². The number of carbonyl (C=O) groups excluding carboxylic acids is 1. The first-order chi connectivity index (χ1) is 12.2. The molecule has 0 aromatic carbocycles. The van der Waals surface area contributed by atoms with Gasteiger partial charge in [-0.3, -0.25) is 9.79 Å². The van der Waals surface area contributed by atoms with E-state index in [1.807, 2.05) is 7.05 Å². The molecule has 6 heteroatoms. The SMILES string of the molecule is CCNC(=NCCNC(=O)CC1CCCC1)N(C)CCOCC1CC1. The Morgan fingerprint density at radius 2 is 1.92 bits per heavy atom. The van der Waals surface area contributed by atoms with Crippen LogP contribution in [0, 0.1) is 11.8 Å². The predicted octanol–water partition coefficient (Wildman–Crippen LogP) is 2.01. The van der Waals surface area contributed by atoms with Crippen LogP contribution in [0.1, 0.15) is 51.9 Å². The van der Waals surface area contributed by atoms with Gasteiger partial charge in [0.2, 0.25) is 5.91 Å². The predicted molar refractivity (Wildman–Crippen MR) is 102 cm³/mol. The number of ether oxygens (including phenoxy) is 1. The number of hydrogen-bond donors (Lipinski definition) is 2. The zero-order valence-corrected chi connectivity index (χ0v) is 16.1. The maximum atomic E-state index is 11.9. The third kappa shape index (κ3) is 8.56. The van der Waals surface area contributed by atoms with Gasteiger partial charge in [0, 0.05) is 39.7 Å². The minimum absolute atomic E-state index is 0.175. The first-order valence-electron chi connectivity index (χ1n) is 10.0. The van der Waals surface area contributed by atoms with Crippen molar-refractivity contribution in [1.29, 1.82) is 0 Å². The lowest BCUT2D eigenvalue weighted by atomic mass is 10.0. The highest BCUT2D eigenvalue weighted by Gasteiger charge is 2.21. The van der Waals surface area contributed by atoms with Crippen LogP contribution in [0.25, 0.3) is 0 Å². The van der Waals surface area contributed by atoms with Crippen LogP contribution in [-0.4, -0.2) is 63.2 Å². The van der Waals surface area contributed by atoms with Gasteiger partial charge >= 0.3 is 0 Å². The highest BCUT2D eigenvalue weighted by Crippen LogP contribution is 2.28. The van der Waals surface area contributed by atoms with Crippen LogP contribution in [-0.2, 0) is 9.53 Å². The lowest BCUT2D eigenvalue weighted by Gasteiger charge is -2.22. The molecule has 0 unspecified atom stereocenters. The summed E-state index contributed by atoms with van der Waals surface area (Å²) in [6.45, 7) is 6.56. The maximum absolute atomic E-state index is 11.9. The lowest BCUT2D eigenvalue weighted by molar-refractivity contribution is -0.121. The number of likely N-dealkylation sites (N-methyl/N-ethyl adjacent to an activating group) is 1. The Balaban J connectivity index is 1.60. The molecule has 2 fully saturated rings. The van der Waals surface area contributed by atoms with E-state index in [1.165, 1.54) is 38.5 Å². The molecule has 0 atom stereocenters. The second-order valence-electron chi connectivity index (χ2n) is 7.38. The van der Waals surface area contributed by atoms with Gasteiger partial charge in [-0.15, -0.1) is 0 Å². The molecule has 0 saturated heterocycles. The van der Waals surface area contributed by atoms with Gasteiger partial charge in [0.15, 0.2) is 5.96 Å². The zero-order valence-electron chi connectivity index (χ0n) is 16.1. The molecular formula is C19H36N4O2. The Morgan fingerprint density at radius 1 is 1.16 bits per heavy atom. The average Bonchev–Trinajstić information content (AvgIpc) is 3.29. The van der Waals surface area contributed by atoms with Crippen LogP contribution >= 0.6 is 0 Å². The van der Waals surface area contributed by atoms with E-state index in [9.17, 15) is 4.79 Å². The van der Waals surface area contributed by atoms with E-state index in [1.54, 1.807) is 0 Å². The average molecular weight is 353 g/mol. The molecule has 0 aromatic heterocycles. The van der Waals surface area contributed by atoms with Gasteiger partial charge in [0.1, 0.15) is 0 Å². The first kappa shape index (κ1) is 20.0. The van der Waals surface area contributed by atoms with Crippen LogP contribution in [0.4, 0.5) is 0 Å². The summed E-state index contributed by atoms with van der Waals surface area (Å²) < 4.78 is 5.70. The number of aliphatic imine (C=N–C) groups is 1. The lowest BCUT2D eigenvalue weighted by Crippen LogP contribution is -2.41. The molecule has 0 aliphatic heterocycles. The molecule has 2 aliphatic carbocycles. The summed E-state index contributed by atoms with van der Waals surface area (Å²) in [5.74, 6) is 2.46. The molecule has 0 radical (unpaired) electrons. The van der Waals surface area contributed by atoms with E-state index in [0.717, 1.165) is 38.2 Å². The van der Waals surface area contributed by atoms with Crippen molar-refractivity contribution in [3.63, 3.8) is 0 Å². The summed E-state index contributed by atoms with van der Waals surface area (Å²) in [6.07, 6.45) is 8.32.